The van der Waals surface area contributed by atoms with Crippen molar-refractivity contribution in [1.29, 1.82) is 0 Å². The van der Waals surface area contributed by atoms with Crippen molar-refractivity contribution in [2.24, 2.45) is 0 Å². The fourth-order valence-corrected chi connectivity index (χ4v) is 3.24. The Bertz CT molecular complexity index is 890. The Morgan fingerprint density at radius 1 is 1.13 bits per heavy atom. The quantitative estimate of drug-likeness (QED) is 0.376. The summed E-state index contributed by atoms with van der Waals surface area (Å²) in [5, 5.41) is 0. The first-order valence-electron chi connectivity index (χ1n) is 10.0. The maximum absolute atomic E-state index is 12.7. The molecule has 1 aliphatic heterocycles. The summed E-state index contributed by atoms with van der Waals surface area (Å²) in [4.78, 5) is 24.6. The number of ether oxygens (including phenoxy) is 2. The van der Waals surface area contributed by atoms with Crippen LogP contribution in [0.4, 0.5) is 0 Å². The predicted molar refractivity (Wildman–Crippen MR) is 113 cm³/mol. The zero-order valence-corrected chi connectivity index (χ0v) is 18.1. The third kappa shape index (κ3) is 4.36. The Balaban J connectivity index is 1.91. The summed E-state index contributed by atoms with van der Waals surface area (Å²) < 4.78 is 24.8. The molecule has 1 aromatic heterocycles. The molecule has 0 spiro atoms. The van der Waals surface area contributed by atoms with Gasteiger partial charge in [-0.25, -0.2) is 4.79 Å². The van der Waals surface area contributed by atoms with Crippen molar-refractivity contribution in [1.82, 2.24) is 4.57 Å². The summed E-state index contributed by atoms with van der Waals surface area (Å²) in [6, 6.07) is 9.70. The van der Waals surface area contributed by atoms with E-state index in [4.69, 9.17) is 18.8 Å². The van der Waals surface area contributed by atoms with Crippen molar-refractivity contribution in [2.45, 2.75) is 59.2 Å². The van der Waals surface area contributed by atoms with Crippen LogP contribution in [0, 0.1) is 0 Å². The maximum Gasteiger partial charge on any atom is 0.497 e. The highest BCUT2D eigenvalue weighted by atomic mass is 16.7. The Kier molecular flexibility index (Phi) is 6.50. The minimum Gasteiger partial charge on any atom is -0.462 e. The van der Waals surface area contributed by atoms with Gasteiger partial charge in [-0.15, -0.1) is 0 Å². The van der Waals surface area contributed by atoms with E-state index in [1.54, 1.807) is 17.7 Å². The third-order valence-corrected chi connectivity index (χ3v) is 5.59. The lowest BCUT2D eigenvalue weighted by molar-refractivity contribution is 0.00578. The van der Waals surface area contributed by atoms with Crippen molar-refractivity contribution >= 4 is 24.8 Å². The van der Waals surface area contributed by atoms with Gasteiger partial charge in [-0.05, 0) is 40.2 Å². The lowest BCUT2D eigenvalue weighted by Gasteiger charge is -2.32. The molecule has 30 heavy (non-hydrogen) atoms. The number of aldehydes is 1. The Morgan fingerprint density at radius 2 is 1.77 bits per heavy atom. The number of hydrogen-bond acceptors (Lipinski definition) is 6. The second-order valence-corrected chi connectivity index (χ2v) is 8.20. The number of carbonyl (C=O) groups excluding carboxylic acids is 2. The SMILES string of the molecule is CCOC(=O)c1c(B2OC(C)(C)C(C)(C)O2)cn(COCc2ccccc2)c1C=O. The molecule has 7 nitrogen and oxygen atoms in total. The van der Waals surface area contributed by atoms with E-state index in [2.05, 4.69) is 0 Å². The Morgan fingerprint density at radius 3 is 2.33 bits per heavy atom. The van der Waals surface area contributed by atoms with E-state index >= 15 is 0 Å². The van der Waals surface area contributed by atoms with E-state index in [0.29, 0.717) is 18.4 Å². The molecule has 0 unspecified atom stereocenters. The number of nitrogens with zero attached hydrogens (tertiary/aromatic N) is 1. The summed E-state index contributed by atoms with van der Waals surface area (Å²) in [6.45, 7) is 10.1. The molecule has 1 fully saturated rings. The third-order valence-electron chi connectivity index (χ3n) is 5.59. The summed E-state index contributed by atoms with van der Waals surface area (Å²) in [6.07, 6.45) is 2.30. The van der Waals surface area contributed by atoms with Crippen LogP contribution in [0.25, 0.3) is 0 Å². The zero-order valence-electron chi connectivity index (χ0n) is 18.1. The molecule has 0 radical (unpaired) electrons. The van der Waals surface area contributed by atoms with Gasteiger partial charge in [-0.3, -0.25) is 4.79 Å². The standard InChI is InChI=1S/C22H28BNO6/c1-6-28-20(26)19-17(23-29-21(2,3)22(4,5)30-23)12-24(18(19)13-25)15-27-14-16-10-8-7-9-11-16/h7-13H,6,14-15H2,1-5H3. The van der Waals surface area contributed by atoms with Crippen molar-refractivity contribution in [2.75, 3.05) is 6.61 Å². The van der Waals surface area contributed by atoms with Gasteiger partial charge in [-0.2, -0.15) is 0 Å². The van der Waals surface area contributed by atoms with E-state index in [0.717, 1.165) is 5.56 Å². The fourth-order valence-electron chi connectivity index (χ4n) is 3.24. The van der Waals surface area contributed by atoms with E-state index in [9.17, 15) is 9.59 Å². The predicted octanol–water partition coefficient (Wildman–Crippen LogP) is 2.95. The van der Waals surface area contributed by atoms with Gasteiger partial charge >= 0.3 is 13.1 Å². The number of esters is 1. The smallest absolute Gasteiger partial charge is 0.462 e. The van der Waals surface area contributed by atoms with Gasteiger partial charge in [-0.1, -0.05) is 30.3 Å². The highest BCUT2D eigenvalue weighted by Crippen LogP contribution is 2.37. The van der Waals surface area contributed by atoms with Crippen LogP contribution in [0.15, 0.2) is 36.5 Å². The van der Waals surface area contributed by atoms with Gasteiger partial charge in [0.2, 0.25) is 0 Å². The van der Waals surface area contributed by atoms with Crippen LogP contribution in [-0.4, -0.2) is 41.7 Å². The lowest BCUT2D eigenvalue weighted by atomic mass is 9.78. The van der Waals surface area contributed by atoms with E-state index in [-0.39, 0.29) is 24.6 Å². The highest BCUT2D eigenvalue weighted by molar-refractivity contribution is 6.64. The molecule has 2 heterocycles. The molecule has 160 valence electrons. The van der Waals surface area contributed by atoms with Crippen molar-refractivity contribution < 1.29 is 28.4 Å². The molecule has 1 aromatic carbocycles. The van der Waals surface area contributed by atoms with Crippen LogP contribution in [0.5, 0.6) is 0 Å². The molecule has 1 saturated heterocycles. The van der Waals surface area contributed by atoms with E-state index in [1.165, 1.54) is 0 Å². The van der Waals surface area contributed by atoms with Crippen LogP contribution < -0.4 is 5.46 Å². The van der Waals surface area contributed by atoms with Crippen LogP contribution in [0.2, 0.25) is 0 Å². The first-order chi connectivity index (χ1) is 14.2. The summed E-state index contributed by atoms with van der Waals surface area (Å²) in [7, 11) is -0.802. The van der Waals surface area contributed by atoms with Crippen molar-refractivity contribution in [3.8, 4) is 0 Å². The number of aromatic nitrogens is 1. The van der Waals surface area contributed by atoms with Gasteiger partial charge < -0.3 is 23.3 Å². The van der Waals surface area contributed by atoms with E-state index in [1.807, 2.05) is 58.0 Å². The summed E-state index contributed by atoms with van der Waals surface area (Å²) >= 11 is 0. The second-order valence-electron chi connectivity index (χ2n) is 8.20. The molecule has 8 heteroatoms. The normalized spacial score (nSPS) is 17.2. The van der Waals surface area contributed by atoms with Crippen LogP contribution in [-0.2, 0) is 32.1 Å². The van der Waals surface area contributed by atoms with Gasteiger partial charge in [0.1, 0.15) is 6.73 Å². The molecule has 0 N–H and O–H groups in total. The molecule has 0 amide bonds. The van der Waals surface area contributed by atoms with Crippen LogP contribution in [0.1, 0.15) is 61.0 Å². The number of rotatable bonds is 8. The number of carbonyl (C=O) groups is 2. The molecule has 0 atom stereocenters. The van der Waals surface area contributed by atoms with Gasteiger partial charge in [0.05, 0.1) is 35.7 Å². The number of benzene rings is 1. The molecule has 0 bridgehead atoms. The average molecular weight is 413 g/mol. The summed E-state index contributed by atoms with van der Waals surface area (Å²) in [5.41, 5.74) is 0.611. The fraction of sp³-hybridized carbons (Fsp3) is 0.455. The van der Waals surface area contributed by atoms with Crippen molar-refractivity contribution in [3.05, 3.63) is 53.3 Å². The molecule has 3 rings (SSSR count). The van der Waals surface area contributed by atoms with Gasteiger partial charge in [0.15, 0.2) is 6.29 Å². The zero-order chi connectivity index (χ0) is 21.9. The van der Waals surface area contributed by atoms with Crippen molar-refractivity contribution in [3.63, 3.8) is 0 Å². The first-order valence-corrected chi connectivity index (χ1v) is 10.0. The first kappa shape index (κ1) is 22.3. The minimum atomic E-state index is -0.802. The monoisotopic (exact) mass is 413 g/mol. The minimum absolute atomic E-state index is 0.0921. The number of hydrogen-bond donors (Lipinski definition) is 0. The largest absolute Gasteiger partial charge is 0.497 e. The Hall–Kier alpha value is -2.42. The molecule has 0 aliphatic carbocycles. The van der Waals surface area contributed by atoms with Crippen LogP contribution >= 0.6 is 0 Å². The summed E-state index contributed by atoms with van der Waals surface area (Å²) in [5.74, 6) is -0.592. The molecule has 2 aromatic rings. The van der Waals surface area contributed by atoms with E-state index < -0.39 is 24.3 Å². The molecule has 0 saturated carbocycles. The Labute approximate surface area is 177 Å². The molecular formula is C22H28BNO6. The molecular weight excluding hydrogens is 385 g/mol. The van der Waals surface area contributed by atoms with Gasteiger partial charge in [0, 0.05) is 11.7 Å². The lowest BCUT2D eigenvalue weighted by Crippen LogP contribution is -2.41. The maximum atomic E-state index is 12.7. The highest BCUT2D eigenvalue weighted by Gasteiger charge is 2.53. The van der Waals surface area contributed by atoms with Gasteiger partial charge in [0.25, 0.3) is 0 Å². The second kappa shape index (κ2) is 8.75. The molecule has 1 aliphatic rings. The topological polar surface area (TPSA) is 76.0 Å². The average Bonchev–Trinajstić information content (AvgIpc) is 3.16. The van der Waals surface area contributed by atoms with Crippen LogP contribution in [0.3, 0.4) is 0 Å².